The van der Waals surface area contributed by atoms with Gasteiger partial charge in [-0.1, -0.05) is 12.8 Å². The summed E-state index contributed by atoms with van der Waals surface area (Å²) in [5, 5.41) is 4.79. The molecule has 1 aliphatic heterocycles. The van der Waals surface area contributed by atoms with Crippen molar-refractivity contribution in [2.75, 3.05) is 0 Å². The molecule has 1 aromatic heterocycles. The van der Waals surface area contributed by atoms with Crippen LogP contribution in [0.25, 0.3) is 0 Å². The summed E-state index contributed by atoms with van der Waals surface area (Å²) in [4.78, 5) is 0. The van der Waals surface area contributed by atoms with E-state index in [0.29, 0.717) is 5.92 Å². The first-order valence-electron chi connectivity index (χ1n) is 8.12. The van der Waals surface area contributed by atoms with Crippen LogP contribution in [-0.4, -0.2) is 28.1 Å². The highest BCUT2D eigenvalue weighted by molar-refractivity contribution is 6.63. The van der Waals surface area contributed by atoms with E-state index in [0.717, 1.165) is 5.69 Å². The third-order valence-electron chi connectivity index (χ3n) is 5.64. The van der Waals surface area contributed by atoms with Crippen molar-refractivity contribution >= 4 is 12.6 Å². The summed E-state index contributed by atoms with van der Waals surface area (Å²) < 4.78 is 14.5. The van der Waals surface area contributed by atoms with E-state index < -0.39 is 0 Å². The summed E-state index contributed by atoms with van der Waals surface area (Å²) in [7, 11) is 1.72. The van der Waals surface area contributed by atoms with Crippen molar-refractivity contribution in [2.45, 2.75) is 77.4 Å². The van der Waals surface area contributed by atoms with E-state index in [-0.39, 0.29) is 18.3 Å². The van der Waals surface area contributed by atoms with Crippen LogP contribution in [0, 0.1) is 6.92 Å². The number of hydrogen-bond donors (Lipinski definition) is 0. The molecular formula is C16H27BN2O2. The van der Waals surface area contributed by atoms with E-state index in [1.54, 1.807) is 0 Å². The second-order valence-electron chi connectivity index (χ2n) is 7.58. The molecule has 0 radical (unpaired) electrons. The quantitative estimate of drug-likeness (QED) is 0.786. The third kappa shape index (κ3) is 2.35. The predicted molar refractivity (Wildman–Crippen MR) is 84.9 cm³/mol. The maximum atomic E-state index is 6.27. The van der Waals surface area contributed by atoms with Gasteiger partial charge in [-0.25, -0.2) is 0 Å². The molecule has 5 heteroatoms. The van der Waals surface area contributed by atoms with Gasteiger partial charge in [-0.05, 0) is 47.5 Å². The van der Waals surface area contributed by atoms with Gasteiger partial charge in [-0.3, -0.25) is 4.68 Å². The standard InChI is InChI=1S/C16H27BN2O2/c1-11-13(17-20-15(2,3)16(4,5)21-17)14(18-19(11)6)12-9-7-8-10-12/h12H,7-10H2,1-6H3. The molecule has 116 valence electrons. The minimum Gasteiger partial charge on any atom is -0.399 e. The molecular weight excluding hydrogens is 263 g/mol. The van der Waals surface area contributed by atoms with Gasteiger partial charge in [0, 0.05) is 24.1 Å². The highest BCUT2D eigenvalue weighted by Gasteiger charge is 2.53. The molecule has 0 bridgehead atoms. The molecule has 21 heavy (non-hydrogen) atoms. The van der Waals surface area contributed by atoms with E-state index in [9.17, 15) is 0 Å². The highest BCUT2D eigenvalue weighted by Crippen LogP contribution is 2.39. The first-order valence-corrected chi connectivity index (χ1v) is 8.12. The molecule has 2 aliphatic rings. The molecule has 1 aliphatic carbocycles. The van der Waals surface area contributed by atoms with Crippen LogP contribution in [0.15, 0.2) is 0 Å². The zero-order valence-electron chi connectivity index (χ0n) is 14.2. The Balaban J connectivity index is 1.99. The first kappa shape index (κ1) is 15.1. The Morgan fingerprint density at radius 1 is 1.10 bits per heavy atom. The molecule has 1 saturated carbocycles. The van der Waals surface area contributed by atoms with Crippen molar-refractivity contribution in [3.05, 3.63) is 11.4 Å². The molecule has 0 amide bonds. The fourth-order valence-corrected chi connectivity index (χ4v) is 3.40. The van der Waals surface area contributed by atoms with Crippen LogP contribution in [-0.2, 0) is 16.4 Å². The maximum absolute atomic E-state index is 6.27. The Morgan fingerprint density at radius 2 is 1.62 bits per heavy atom. The normalized spacial score (nSPS) is 25.0. The van der Waals surface area contributed by atoms with Crippen LogP contribution in [0.5, 0.6) is 0 Å². The summed E-state index contributed by atoms with van der Waals surface area (Å²) in [6.45, 7) is 10.5. The fourth-order valence-electron chi connectivity index (χ4n) is 3.40. The highest BCUT2D eigenvalue weighted by atomic mass is 16.7. The Morgan fingerprint density at radius 3 is 2.14 bits per heavy atom. The number of nitrogens with zero attached hydrogens (tertiary/aromatic N) is 2. The summed E-state index contributed by atoms with van der Waals surface area (Å²) in [5.41, 5.74) is 2.93. The van der Waals surface area contributed by atoms with E-state index in [2.05, 4.69) is 34.6 Å². The zero-order valence-corrected chi connectivity index (χ0v) is 14.2. The molecule has 1 saturated heterocycles. The van der Waals surface area contributed by atoms with Gasteiger partial charge in [0.2, 0.25) is 0 Å². The molecule has 0 atom stereocenters. The lowest BCUT2D eigenvalue weighted by molar-refractivity contribution is 0.00578. The molecule has 0 unspecified atom stereocenters. The van der Waals surface area contributed by atoms with Crippen molar-refractivity contribution in [1.29, 1.82) is 0 Å². The molecule has 2 heterocycles. The van der Waals surface area contributed by atoms with Gasteiger partial charge in [0.1, 0.15) is 0 Å². The van der Waals surface area contributed by atoms with Crippen molar-refractivity contribution in [2.24, 2.45) is 7.05 Å². The van der Waals surface area contributed by atoms with Crippen molar-refractivity contribution in [1.82, 2.24) is 9.78 Å². The number of rotatable bonds is 2. The summed E-state index contributed by atoms with van der Waals surface area (Å²) in [6, 6.07) is 0. The van der Waals surface area contributed by atoms with E-state index in [1.807, 2.05) is 11.7 Å². The minimum atomic E-state index is -0.299. The Bertz CT molecular complexity index is 529. The third-order valence-corrected chi connectivity index (χ3v) is 5.64. The summed E-state index contributed by atoms with van der Waals surface area (Å²) in [5.74, 6) is 0.568. The Labute approximate surface area is 128 Å². The number of aromatic nitrogens is 2. The van der Waals surface area contributed by atoms with Gasteiger partial charge < -0.3 is 9.31 Å². The second kappa shape index (κ2) is 4.85. The van der Waals surface area contributed by atoms with Crippen LogP contribution in [0.4, 0.5) is 0 Å². The van der Waals surface area contributed by atoms with Gasteiger partial charge in [-0.2, -0.15) is 5.10 Å². The van der Waals surface area contributed by atoms with Gasteiger partial charge in [0.15, 0.2) is 0 Å². The van der Waals surface area contributed by atoms with E-state index >= 15 is 0 Å². The van der Waals surface area contributed by atoms with Crippen molar-refractivity contribution < 1.29 is 9.31 Å². The fraction of sp³-hybridized carbons (Fsp3) is 0.812. The maximum Gasteiger partial charge on any atom is 0.498 e. The predicted octanol–water partition coefficient (Wildman–Crippen LogP) is 2.69. The van der Waals surface area contributed by atoms with Gasteiger partial charge >= 0.3 is 7.12 Å². The van der Waals surface area contributed by atoms with Gasteiger partial charge in [-0.15, -0.1) is 0 Å². The zero-order chi connectivity index (χ0) is 15.4. The molecule has 1 aromatic rings. The monoisotopic (exact) mass is 290 g/mol. The molecule has 0 spiro atoms. The van der Waals surface area contributed by atoms with Crippen molar-refractivity contribution in [3.63, 3.8) is 0 Å². The molecule has 2 fully saturated rings. The minimum absolute atomic E-state index is 0.292. The molecule has 3 rings (SSSR count). The largest absolute Gasteiger partial charge is 0.498 e. The molecule has 4 nitrogen and oxygen atoms in total. The SMILES string of the molecule is Cc1c(B2OC(C)(C)C(C)(C)O2)c(C2CCCC2)nn1C. The lowest BCUT2D eigenvalue weighted by atomic mass is 9.74. The van der Waals surface area contributed by atoms with Gasteiger partial charge in [0.25, 0.3) is 0 Å². The van der Waals surface area contributed by atoms with Crippen LogP contribution in [0.2, 0.25) is 0 Å². The summed E-state index contributed by atoms with van der Waals surface area (Å²) >= 11 is 0. The molecule has 0 aromatic carbocycles. The van der Waals surface area contributed by atoms with Crippen LogP contribution >= 0.6 is 0 Å². The lowest BCUT2D eigenvalue weighted by Crippen LogP contribution is -2.41. The van der Waals surface area contributed by atoms with Crippen molar-refractivity contribution in [3.8, 4) is 0 Å². The second-order valence-corrected chi connectivity index (χ2v) is 7.58. The molecule has 0 N–H and O–H groups in total. The van der Waals surface area contributed by atoms with E-state index in [4.69, 9.17) is 14.4 Å². The Hall–Kier alpha value is -0.805. The van der Waals surface area contributed by atoms with E-state index in [1.165, 1.54) is 36.8 Å². The number of aryl methyl sites for hydroxylation is 1. The average Bonchev–Trinajstić information content (AvgIpc) is 3.01. The van der Waals surface area contributed by atoms with Crippen LogP contribution in [0.3, 0.4) is 0 Å². The van der Waals surface area contributed by atoms with Gasteiger partial charge in [0.05, 0.1) is 16.9 Å². The first-order chi connectivity index (χ1) is 9.73. The number of hydrogen-bond acceptors (Lipinski definition) is 3. The topological polar surface area (TPSA) is 36.3 Å². The lowest BCUT2D eigenvalue weighted by Gasteiger charge is -2.32. The van der Waals surface area contributed by atoms with Crippen LogP contribution in [0.1, 0.15) is 70.7 Å². The summed E-state index contributed by atoms with van der Waals surface area (Å²) in [6.07, 6.45) is 5.10. The smallest absolute Gasteiger partial charge is 0.399 e. The van der Waals surface area contributed by atoms with Crippen LogP contribution < -0.4 is 5.46 Å². The average molecular weight is 290 g/mol. The Kier molecular flexibility index (Phi) is 3.49.